The van der Waals surface area contributed by atoms with Crippen molar-refractivity contribution in [3.63, 3.8) is 0 Å². The van der Waals surface area contributed by atoms with E-state index in [0.29, 0.717) is 0 Å². The summed E-state index contributed by atoms with van der Waals surface area (Å²) in [6.07, 6.45) is 0. The molecule has 0 atom stereocenters. The molecule has 0 saturated carbocycles. The Balaban J connectivity index is 0.00000160. The predicted molar refractivity (Wildman–Crippen MR) is 112 cm³/mol. The van der Waals surface area contributed by atoms with Gasteiger partial charge in [0, 0.05) is 22.6 Å². The Morgan fingerprint density at radius 2 is 1.43 bits per heavy atom. The molecule has 1 aliphatic rings. The molecule has 1 aliphatic heterocycles. The molecular weight excluding hydrogens is 419 g/mol. The fourth-order valence-electron chi connectivity index (χ4n) is 4.53. The lowest BCUT2D eigenvalue weighted by molar-refractivity contribution is -1.02. The lowest BCUT2D eigenvalue weighted by atomic mass is 9.98. The van der Waals surface area contributed by atoms with Crippen LogP contribution < -0.4 is 40.2 Å². The van der Waals surface area contributed by atoms with Gasteiger partial charge in [-0.3, -0.25) is 0 Å². The quantitative estimate of drug-likeness (QED) is 0.393. The third kappa shape index (κ3) is 5.25. The first-order valence-corrected chi connectivity index (χ1v) is 10.3. The van der Waals surface area contributed by atoms with Crippen molar-refractivity contribution in [2.75, 3.05) is 26.2 Å². The summed E-state index contributed by atoms with van der Waals surface area (Å²) in [5.74, 6) is 0. The first-order chi connectivity index (χ1) is 13.5. The molecule has 0 radical (unpaired) electrons. The van der Waals surface area contributed by atoms with Gasteiger partial charge in [0.2, 0.25) is 0 Å². The number of hydrogen-bond acceptors (Lipinski definition) is 2. The lowest BCUT2D eigenvalue weighted by Gasteiger charge is -2.30. The minimum absolute atomic E-state index is 0. The SMILES string of the molecule is Cc1cc(C)c2c(C[NH+]3CC[NH+](Cc4ccccc4)CC3)cc(=O)oc2c1C.[Cl-].[Cl-]. The maximum absolute atomic E-state index is 12.2. The van der Waals surface area contributed by atoms with Crippen LogP contribution in [0.5, 0.6) is 0 Å². The maximum atomic E-state index is 12.2. The van der Waals surface area contributed by atoms with Crippen molar-refractivity contribution < 1.29 is 39.0 Å². The number of aryl methyl sites for hydroxylation is 3. The molecule has 0 amide bonds. The summed E-state index contributed by atoms with van der Waals surface area (Å²) >= 11 is 0. The molecule has 0 unspecified atom stereocenters. The highest BCUT2D eigenvalue weighted by Gasteiger charge is 2.24. The van der Waals surface area contributed by atoms with E-state index in [1.165, 1.54) is 29.8 Å². The van der Waals surface area contributed by atoms with Gasteiger partial charge in [0.15, 0.2) is 0 Å². The number of fused-ring (bicyclic) bond motifs is 1. The van der Waals surface area contributed by atoms with Gasteiger partial charge in [0.1, 0.15) is 44.9 Å². The molecule has 162 valence electrons. The summed E-state index contributed by atoms with van der Waals surface area (Å²) in [6.45, 7) is 12.8. The zero-order valence-electron chi connectivity index (χ0n) is 17.9. The topological polar surface area (TPSA) is 39.1 Å². The molecule has 2 N–H and O–H groups in total. The normalized spacial score (nSPS) is 18.5. The molecule has 4 rings (SSSR count). The second-order valence-electron chi connectivity index (χ2n) is 8.27. The van der Waals surface area contributed by atoms with Crippen molar-refractivity contribution in [1.29, 1.82) is 0 Å². The average Bonchev–Trinajstić information content (AvgIpc) is 2.68. The standard InChI is InChI=1S/C24H28N2O2.2ClH/c1-17-13-18(2)23-21(14-22(27)28-24(23)19(17)3)16-26-11-9-25(10-12-26)15-20-7-5-4-6-8-20;;/h4-8,13-14H,9-12,15-16H2,1-3H3;2*1H. The van der Waals surface area contributed by atoms with Crippen molar-refractivity contribution in [1.82, 2.24) is 0 Å². The number of quaternary nitrogens is 2. The van der Waals surface area contributed by atoms with Crippen molar-refractivity contribution in [3.05, 3.63) is 80.7 Å². The second-order valence-corrected chi connectivity index (χ2v) is 8.27. The highest BCUT2D eigenvalue weighted by Crippen LogP contribution is 2.26. The first kappa shape index (κ1) is 24.4. The van der Waals surface area contributed by atoms with Gasteiger partial charge in [-0.2, -0.15) is 0 Å². The average molecular weight is 449 g/mol. The Kier molecular flexibility index (Phi) is 8.51. The summed E-state index contributed by atoms with van der Waals surface area (Å²) in [7, 11) is 0. The number of piperazine rings is 1. The van der Waals surface area contributed by atoms with E-state index >= 15 is 0 Å². The van der Waals surface area contributed by atoms with E-state index in [1.54, 1.807) is 15.9 Å². The molecule has 30 heavy (non-hydrogen) atoms. The number of halogens is 2. The van der Waals surface area contributed by atoms with Crippen LogP contribution in [-0.4, -0.2) is 26.2 Å². The summed E-state index contributed by atoms with van der Waals surface area (Å²) in [6, 6.07) is 14.7. The predicted octanol–water partition coefficient (Wildman–Crippen LogP) is -4.79. The van der Waals surface area contributed by atoms with Crippen molar-refractivity contribution in [2.45, 2.75) is 33.9 Å². The largest absolute Gasteiger partial charge is 1.00 e. The van der Waals surface area contributed by atoms with E-state index in [0.717, 1.165) is 48.3 Å². The van der Waals surface area contributed by atoms with Crippen LogP contribution in [0.25, 0.3) is 11.0 Å². The van der Waals surface area contributed by atoms with Crippen LogP contribution in [0.4, 0.5) is 0 Å². The minimum Gasteiger partial charge on any atom is -1.00 e. The van der Waals surface area contributed by atoms with Gasteiger partial charge in [-0.15, -0.1) is 0 Å². The minimum atomic E-state index is -0.233. The van der Waals surface area contributed by atoms with E-state index < -0.39 is 0 Å². The molecule has 4 nitrogen and oxygen atoms in total. The zero-order valence-corrected chi connectivity index (χ0v) is 19.4. The molecular formula is C24H30Cl2N2O2. The Morgan fingerprint density at radius 3 is 2.07 bits per heavy atom. The number of benzene rings is 2. The van der Waals surface area contributed by atoms with Crippen molar-refractivity contribution >= 4 is 11.0 Å². The zero-order chi connectivity index (χ0) is 19.7. The second kappa shape index (κ2) is 10.5. The summed E-state index contributed by atoms with van der Waals surface area (Å²) in [5, 5.41) is 1.13. The first-order valence-electron chi connectivity index (χ1n) is 10.3. The number of hydrogen-bond donors (Lipinski definition) is 2. The molecule has 6 heteroatoms. The van der Waals surface area contributed by atoms with E-state index in [4.69, 9.17) is 4.42 Å². The Labute approximate surface area is 190 Å². The summed E-state index contributed by atoms with van der Waals surface area (Å²) in [5.41, 5.74) is 6.53. The van der Waals surface area contributed by atoms with E-state index in [9.17, 15) is 4.79 Å². The fourth-order valence-corrected chi connectivity index (χ4v) is 4.53. The van der Waals surface area contributed by atoms with Gasteiger partial charge in [-0.25, -0.2) is 4.79 Å². The van der Waals surface area contributed by atoms with Crippen LogP contribution in [0.2, 0.25) is 0 Å². The Morgan fingerprint density at radius 1 is 0.833 bits per heavy atom. The molecule has 1 saturated heterocycles. The maximum Gasteiger partial charge on any atom is 0.336 e. The van der Waals surface area contributed by atoms with E-state index in [-0.39, 0.29) is 30.4 Å². The lowest BCUT2D eigenvalue weighted by Crippen LogP contribution is -3.27. The van der Waals surface area contributed by atoms with Crippen LogP contribution in [0.3, 0.4) is 0 Å². The van der Waals surface area contributed by atoms with Crippen LogP contribution >= 0.6 is 0 Å². The summed E-state index contributed by atoms with van der Waals surface area (Å²) in [4.78, 5) is 15.4. The number of nitrogens with one attached hydrogen (secondary N) is 2. The van der Waals surface area contributed by atoms with E-state index in [2.05, 4.69) is 50.2 Å². The molecule has 3 aromatic rings. The highest BCUT2D eigenvalue weighted by atomic mass is 35.5. The van der Waals surface area contributed by atoms with Crippen LogP contribution in [0, 0.1) is 20.8 Å². The van der Waals surface area contributed by atoms with Gasteiger partial charge in [0.25, 0.3) is 0 Å². The molecule has 2 heterocycles. The van der Waals surface area contributed by atoms with Crippen molar-refractivity contribution in [3.8, 4) is 0 Å². The van der Waals surface area contributed by atoms with Crippen LogP contribution in [0.1, 0.15) is 27.8 Å². The smallest absolute Gasteiger partial charge is 0.336 e. The van der Waals surface area contributed by atoms with Gasteiger partial charge in [-0.1, -0.05) is 36.4 Å². The van der Waals surface area contributed by atoms with Crippen molar-refractivity contribution in [2.24, 2.45) is 0 Å². The Hall–Kier alpha value is -1.85. The van der Waals surface area contributed by atoms with Gasteiger partial charge < -0.3 is 39.0 Å². The third-order valence-corrected chi connectivity index (χ3v) is 6.20. The monoisotopic (exact) mass is 448 g/mol. The van der Waals surface area contributed by atoms with Gasteiger partial charge >= 0.3 is 5.63 Å². The summed E-state index contributed by atoms with van der Waals surface area (Å²) < 4.78 is 5.60. The van der Waals surface area contributed by atoms with Gasteiger partial charge in [-0.05, 0) is 37.5 Å². The Bertz CT molecular complexity index is 1040. The fraction of sp³-hybridized carbons (Fsp3) is 0.375. The van der Waals surface area contributed by atoms with Crippen LogP contribution in [-0.2, 0) is 13.1 Å². The molecule has 2 aromatic carbocycles. The van der Waals surface area contributed by atoms with Gasteiger partial charge in [0.05, 0.1) is 0 Å². The third-order valence-electron chi connectivity index (χ3n) is 6.20. The number of rotatable bonds is 4. The molecule has 1 fully saturated rings. The van der Waals surface area contributed by atoms with E-state index in [1.807, 2.05) is 6.92 Å². The molecule has 0 bridgehead atoms. The molecule has 1 aromatic heterocycles. The molecule has 0 aliphatic carbocycles. The highest BCUT2D eigenvalue weighted by molar-refractivity contribution is 5.87. The van der Waals surface area contributed by atoms with Crippen LogP contribution in [0.15, 0.2) is 51.7 Å². The molecule has 0 spiro atoms.